The number of aryl methyl sites for hydroxylation is 2. The standard InChI is InChI=1S/C17H14N2O3S/c1-9-16(23-10(2)19-9)13-5-12(7-18-8-13)11-3-4-14(17(21)22)15(20)6-11/h3-8,20H,1-2H3,(H,21,22). The van der Waals surface area contributed by atoms with E-state index in [1.54, 1.807) is 29.8 Å². The van der Waals surface area contributed by atoms with Crippen LogP contribution in [0.2, 0.25) is 0 Å². The maximum Gasteiger partial charge on any atom is 0.339 e. The average Bonchev–Trinajstić information content (AvgIpc) is 2.85. The minimum absolute atomic E-state index is 0.119. The molecule has 0 bridgehead atoms. The Labute approximate surface area is 136 Å². The molecule has 1 aromatic carbocycles. The molecule has 0 unspecified atom stereocenters. The van der Waals surface area contributed by atoms with E-state index in [-0.39, 0.29) is 11.3 Å². The number of carboxylic acids is 1. The number of aromatic carboxylic acids is 1. The van der Waals surface area contributed by atoms with Crippen molar-refractivity contribution < 1.29 is 15.0 Å². The molecule has 2 heterocycles. The fourth-order valence-corrected chi connectivity index (χ4v) is 3.31. The molecule has 0 spiro atoms. The van der Waals surface area contributed by atoms with Crippen LogP contribution in [-0.4, -0.2) is 26.2 Å². The van der Waals surface area contributed by atoms with Gasteiger partial charge in [-0.05, 0) is 37.6 Å². The van der Waals surface area contributed by atoms with Crippen LogP contribution in [0.25, 0.3) is 21.6 Å². The van der Waals surface area contributed by atoms with Gasteiger partial charge in [0.1, 0.15) is 11.3 Å². The molecule has 23 heavy (non-hydrogen) atoms. The third-order valence-electron chi connectivity index (χ3n) is 3.47. The summed E-state index contributed by atoms with van der Waals surface area (Å²) < 4.78 is 0. The van der Waals surface area contributed by atoms with E-state index in [1.165, 1.54) is 12.1 Å². The van der Waals surface area contributed by atoms with Gasteiger partial charge in [-0.1, -0.05) is 6.07 Å². The Hall–Kier alpha value is -2.73. The number of benzene rings is 1. The number of nitrogens with zero attached hydrogens (tertiary/aromatic N) is 2. The van der Waals surface area contributed by atoms with Crippen molar-refractivity contribution in [3.8, 4) is 27.3 Å². The van der Waals surface area contributed by atoms with Gasteiger partial charge < -0.3 is 10.2 Å². The molecule has 5 nitrogen and oxygen atoms in total. The summed E-state index contributed by atoms with van der Waals surface area (Å²) in [5, 5.41) is 19.8. The van der Waals surface area contributed by atoms with E-state index >= 15 is 0 Å². The third kappa shape index (κ3) is 2.93. The van der Waals surface area contributed by atoms with Gasteiger partial charge in [0.15, 0.2) is 0 Å². The number of rotatable bonds is 3. The molecule has 0 aliphatic heterocycles. The molecule has 3 rings (SSSR count). The van der Waals surface area contributed by atoms with Crippen LogP contribution >= 0.6 is 11.3 Å². The number of phenols is 1. The number of hydrogen-bond acceptors (Lipinski definition) is 5. The lowest BCUT2D eigenvalue weighted by Crippen LogP contribution is -1.96. The fraction of sp³-hybridized carbons (Fsp3) is 0.118. The third-order valence-corrected chi connectivity index (χ3v) is 4.59. The topological polar surface area (TPSA) is 83.3 Å². The zero-order valence-corrected chi connectivity index (χ0v) is 13.4. The van der Waals surface area contributed by atoms with Gasteiger partial charge in [0.25, 0.3) is 0 Å². The maximum atomic E-state index is 11.0. The first-order chi connectivity index (χ1) is 11.0. The Kier molecular flexibility index (Phi) is 3.83. The molecule has 0 amide bonds. The molecule has 2 aromatic heterocycles. The van der Waals surface area contributed by atoms with Crippen LogP contribution in [0.4, 0.5) is 0 Å². The molecule has 0 atom stereocenters. The van der Waals surface area contributed by atoms with Gasteiger partial charge in [-0.25, -0.2) is 9.78 Å². The highest BCUT2D eigenvalue weighted by Gasteiger charge is 2.12. The zero-order valence-electron chi connectivity index (χ0n) is 12.6. The lowest BCUT2D eigenvalue weighted by atomic mass is 10.0. The van der Waals surface area contributed by atoms with Crippen molar-refractivity contribution in [2.24, 2.45) is 0 Å². The summed E-state index contributed by atoms with van der Waals surface area (Å²) in [6.07, 6.45) is 3.46. The Bertz CT molecular complexity index is 903. The van der Waals surface area contributed by atoms with Crippen LogP contribution < -0.4 is 0 Å². The van der Waals surface area contributed by atoms with Crippen molar-refractivity contribution in [2.75, 3.05) is 0 Å². The fourth-order valence-electron chi connectivity index (χ4n) is 2.41. The molecule has 3 aromatic rings. The van der Waals surface area contributed by atoms with Gasteiger partial charge in [-0.15, -0.1) is 11.3 Å². The predicted octanol–water partition coefficient (Wildman–Crippen LogP) is 3.89. The molecule has 116 valence electrons. The predicted molar refractivity (Wildman–Crippen MR) is 88.9 cm³/mol. The second kappa shape index (κ2) is 5.81. The first-order valence-corrected chi connectivity index (χ1v) is 7.73. The lowest BCUT2D eigenvalue weighted by molar-refractivity contribution is 0.0694. The molecule has 0 aliphatic rings. The molecule has 0 fully saturated rings. The molecular formula is C17H14N2O3S. The van der Waals surface area contributed by atoms with Crippen LogP contribution in [0.15, 0.2) is 36.7 Å². The molecule has 2 N–H and O–H groups in total. The number of carbonyl (C=O) groups is 1. The van der Waals surface area contributed by atoms with E-state index in [0.717, 1.165) is 26.7 Å². The van der Waals surface area contributed by atoms with Gasteiger partial charge >= 0.3 is 5.97 Å². The number of thiazole rings is 1. The summed E-state index contributed by atoms with van der Waals surface area (Å²) in [6, 6.07) is 6.45. The van der Waals surface area contributed by atoms with Crippen molar-refractivity contribution in [3.05, 3.63) is 52.9 Å². The van der Waals surface area contributed by atoms with E-state index in [2.05, 4.69) is 9.97 Å². The summed E-state index contributed by atoms with van der Waals surface area (Å²) >= 11 is 1.60. The molecule has 0 saturated heterocycles. The second-order valence-corrected chi connectivity index (χ2v) is 6.35. The number of pyridine rings is 1. The molecular weight excluding hydrogens is 312 g/mol. The Morgan fingerprint density at radius 1 is 1.09 bits per heavy atom. The van der Waals surface area contributed by atoms with Gasteiger partial charge in [0, 0.05) is 23.5 Å². The highest BCUT2D eigenvalue weighted by atomic mass is 32.1. The van der Waals surface area contributed by atoms with Crippen LogP contribution in [0.1, 0.15) is 21.1 Å². The molecule has 6 heteroatoms. The minimum Gasteiger partial charge on any atom is -0.507 e. The van der Waals surface area contributed by atoms with Crippen molar-refractivity contribution in [1.82, 2.24) is 9.97 Å². The monoisotopic (exact) mass is 326 g/mol. The Morgan fingerprint density at radius 3 is 2.43 bits per heavy atom. The zero-order chi connectivity index (χ0) is 16.6. The number of aromatic nitrogens is 2. The van der Waals surface area contributed by atoms with E-state index in [1.807, 2.05) is 19.9 Å². The average molecular weight is 326 g/mol. The summed E-state index contributed by atoms with van der Waals surface area (Å²) in [6.45, 7) is 3.92. The number of carboxylic acid groups (broad SMARTS) is 1. The second-order valence-electron chi connectivity index (χ2n) is 5.15. The smallest absolute Gasteiger partial charge is 0.339 e. The van der Waals surface area contributed by atoms with E-state index in [9.17, 15) is 9.90 Å². The van der Waals surface area contributed by atoms with Gasteiger partial charge in [-0.2, -0.15) is 0 Å². The Morgan fingerprint density at radius 2 is 1.83 bits per heavy atom. The van der Waals surface area contributed by atoms with Crippen molar-refractivity contribution in [1.29, 1.82) is 0 Å². The number of aromatic hydroxyl groups is 1. The molecule has 0 saturated carbocycles. The van der Waals surface area contributed by atoms with Gasteiger partial charge in [0.05, 0.1) is 15.6 Å². The van der Waals surface area contributed by atoms with Crippen molar-refractivity contribution >= 4 is 17.3 Å². The number of hydrogen-bond donors (Lipinski definition) is 2. The van der Waals surface area contributed by atoms with Crippen LogP contribution in [0.5, 0.6) is 5.75 Å². The Balaban J connectivity index is 2.05. The minimum atomic E-state index is -1.16. The SMILES string of the molecule is Cc1nc(C)c(-c2cncc(-c3ccc(C(=O)O)c(O)c3)c2)s1. The summed E-state index contributed by atoms with van der Waals surface area (Å²) in [5.41, 5.74) is 3.30. The molecule has 0 radical (unpaired) electrons. The summed E-state index contributed by atoms with van der Waals surface area (Å²) in [5.74, 6) is -1.41. The maximum absolute atomic E-state index is 11.0. The first kappa shape index (κ1) is 15.2. The van der Waals surface area contributed by atoms with Crippen LogP contribution in [0, 0.1) is 13.8 Å². The van der Waals surface area contributed by atoms with Crippen LogP contribution in [0.3, 0.4) is 0 Å². The van der Waals surface area contributed by atoms with E-state index < -0.39 is 5.97 Å². The van der Waals surface area contributed by atoms with E-state index in [4.69, 9.17) is 5.11 Å². The van der Waals surface area contributed by atoms with Crippen molar-refractivity contribution in [3.63, 3.8) is 0 Å². The summed E-state index contributed by atoms with van der Waals surface area (Å²) in [4.78, 5) is 20.7. The normalized spacial score (nSPS) is 10.7. The quantitative estimate of drug-likeness (QED) is 0.763. The van der Waals surface area contributed by atoms with Gasteiger partial charge in [0.2, 0.25) is 0 Å². The largest absolute Gasteiger partial charge is 0.507 e. The van der Waals surface area contributed by atoms with Gasteiger partial charge in [-0.3, -0.25) is 4.98 Å². The van der Waals surface area contributed by atoms with Crippen molar-refractivity contribution in [2.45, 2.75) is 13.8 Å². The highest BCUT2D eigenvalue weighted by Crippen LogP contribution is 2.33. The van der Waals surface area contributed by atoms with E-state index in [0.29, 0.717) is 5.56 Å². The highest BCUT2D eigenvalue weighted by molar-refractivity contribution is 7.15. The lowest BCUT2D eigenvalue weighted by Gasteiger charge is -2.06. The molecule has 0 aliphatic carbocycles. The summed E-state index contributed by atoms with van der Waals surface area (Å²) in [7, 11) is 0. The first-order valence-electron chi connectivity index (χ1n) is 6.92. The van der Waals surface area contributed by atoms with Crippen LogP contribution in [-0.2, 0) is 0 Å².